The first kappa shape index (κ1) is 35.1. The maximum Gasteiger partial charge on any atom is 0.407 e. The van der Waals surface area contributed by atoms with Gasteiger partial charge in [-0.05, 0) is 87.1 Å². The van der Waals surface area contributed by atoms with E-state index in [1.807, 2.05) is 0 Å². The van der Waals surface area contributed by atoms with E-state index in [-0.39, 0.29) is 47.9 Å². The minimum absolute atomic E-state index is 0.00637. The Balaban J connectivity index is 1.43. The van der Waals surface area contributed by atoms with Crippen molar-refractivity contribution >= 4 is 27.7 Å². The van der Waals surface area contributed by atoms with Gasteiger partial charge in [-0.3, -0.25) is 4.79 Å². The molecule has 47 heavy (non-hydrogen) atoms. The van der Waals surface area contributed by atoms with E-state index in [0.29, 0.717) is 37.9 Å². The number of fused-ring (bicyclic) bond motifs is 2. The quantitative estimate of drug-likeness (QED) is 0.339. The van der Waals surface area contributed by atoms with Crippen LogP contribution < -0.4 is 16.0 Å². The summed E-state index contributed by atoms with van der Waals surface area (Å²) in [4.78, 5) is 26.7. The summed E-state index contributed by atoms with van der Waals surface area (Å²) >= 11 is 0. The van der Waals surface area contributed by atoms with Crippen LogP contribution in [0.4, 0.5) is 23.7 Å². The number of sulfonamides is 1. The second kappa shape index (κ2) is 15.3. The molecule has 2 bridgehead atoms. The van der Waals surface area contributed by atoms with Crippen LogP contribution in [0.1, 0.15) is 62.0 Å². The zero-order valence-electron chi connectivity index (χ0n) is 26.6. The van der Waals surface area contributed by atoms with Gasteiger partial charge in [-0.2, -0.15) is 4.31 Å². The van der Waals surface area contributed by atoms with E-state index in [2.05, 4.69) is 16.0 Å². The number of anilines is 1. The Morgan fingerprint density at radius 1 is 1.02 bits per heavy atom. The van der Waals surface area contributed by atoms with Gasteiger partial charge < -0.3 is 25.4 Å². The summed E-state index contributed by atoms with van der Waals surface area (Å²) in [6.45, 7) is 0.693. The Labute approximate surface area is 273 Å². The van der Waals surface area contributed by atoms with Gasteiger partial charge in [0.05, 0.1) is 19.0 Å². The van der Waals surface area contributed by atoms with Gasteiger partial charge in [0.25, 0.3) is 0 Å². The fourth-order valence-electron chi connectivity index (χ4n) is 7.33. The van der Waals surface area contributed by atoms with Crippen LogP contribution in [0.5, 0.6) is 0 Å². The van der Waals surface area contributed by atoms with E-state index in [0.717, 1.165) is 25.3 Å². The standard InChI is InChI=1S/C33H43F3N4O6S/c1-45-25-12-7-21(8-13-25)29(20-5-9-22(34)10-6-20)31(39-33(42)46-2)32(41)38-28-16-15-27(35)30(36)26(28)14-11-24-18-37-23-4-3-17-47(43,44)40(24)19-23/h5-6,9-10,15-16,21,23-25,29,31,37H,3-4,7-8,11-14,17-19H2,1-2H3,(H,38,41)(H,39,42)/t21?,23-,24+,25?,29+,31+/m1/s1. The molecule has 2 aliphatic heterocycles. The van der Waals surface area contributed by atoms with E-state index < -0.39 is 57.5 Å². The topological polar surface area (TPSA) is 126 Å². The number of ether oxygens (including phenoxy) is 2. The third-order valence-corrected chi connectivity index (χ3v) is 11.8. The highest BCUT2D eigenvalue weighted by molar-refractivity contribution is 7.89. The minimum atomic E-state index is -3.50. The monoisotopic (exact) mass is 680 g/mol. The molecule has 2 amide bonds. The highest BCUT2D eigenvalue weighted by Crippen LogP contribution is 2.40. The first-order valence-electron chi connectivity index (χ1n) is 16.1. The van der Waals surface area contributed by atoms with Crippen molar-refractivity contribution in [1.29, 1.82) is 0 Å². The van der Waals surface area contributed by atoms with E-state index in [4.69, 9.17) is 9.47 Å². The van der Waals surface area contributed by atoms with Gasteiger partial charge in [0.15, 0.2) is 11.6 Å². The third kappa shape index (κ3) is 8.27. The van der Waals surface area contributed by atoms with E-state index in [1.54, 1.807) is 19.2 Å². The van der Waals surface area contributed by atoms with Crippen LogP contribution in [0.25, 0.3) is 0 Å². The summed E-state index contributed by atoms with van der Waals surface area (Å²) in [5, 5.41) is 8.73. The van der Waals surface area contributed by atoms with Crippen molar-refractivity contribution in [2.45, 2.75) is 81.5 Å². The van der Waals surface area contributed by atoms with Crippen LogP contribution in [0, 0.1) is 23.4 Å². The fraction of sp³-hybridized carbons (Fsp3) is 0.576. The number of rotatable bonds is 10. The first-order valence-corrected chi connectivity index (χ1v) is 17.7. The summed E-state index contributed by atoms with van der Waals surface area (Å²) in [6.07, 6.45) is 3.39. The number of hydrogen-bond acceptors (Lipinski definition) is 7. The van der Waals surface area contributed by atoms with E-state index in [1.165, 1.54) is 29.6 Å². The molecule has 258 valence electrons. The summed E-state index contributed by atoms with van der Waals surface area (Å²) in [5.74, 6) is -4.09. The van der Waals surface area contributed by atoms with Gasteiger partial charge in [0.2, 0.25) is 15.9 Å². The van der Waals surface area contributed by atoms with Crippen molar-refractivity contribution < 1.29 is 40.7 Å². The molecular formula is C33H43F3N4O6S. The zero-order valence-corrected chi connectivity index (χ0v) is 27.5. The molecule has 0 aromatic heterocycles. The molecular weight excluding hydrogens is 637 g/mol. The smallest absolute Gasteiger partial charge is 0.407 e. The van der Waals surface area contributed by atoms with Gasteiger partial charge in [-0.1, -0.05) is 12.1 Å². The number of carbonyl (C=O) groups is 2. The molecule has 5 rings (SSSR count). The third-order valence-electron chi connectivity index (χ3n) is 9.86. The van der Waals surface area contributed by atoms with Gasteiger partial charge in [-0.25, -0.2) is 26.4 Å². The van der Waals surface area contributed by atoms with Crippen molar-refractivity contribution in [3.05, 3.63) is 65.0 Å². The molecule has 14 heteroatoms. The van der Waals surface area contributed by atoms with E-state index in [9.17, 15) is 26.8 Å². The molecule has 1 aliphatic carbocycles. The second-order valence-electron chi connectivity index (χ2n) is 12.7. The molecule has 3 fully saturated rings. The maximum atomic E-state index is 15.4. The summed E-state index contributed by atoms with van der Waals surface area (Å²) in [6, 6.07) is 6.24. The van der Waals surface area contributed by atoms with Crippen LogP contribution >= 0.6 is 0 Å². The molecule has 2 heterocycles. The van der Waals surface area contributed by atoms with Crippen LogP contribution in [-0.4, -0.2) is 82.0 Å². The Morgan fingerprint density at radius 3 is 2.43 bits per heavy atom. The first-order chi connectivity index (χ1) is 22.5. The molecule has 2 saturated heterocycles. The predicted molar refractivity (Wildman–Crippen MR) is 170 cm³/mol. The van der Waals surface area contributed by atoms with Crippen LogP contribution in [0.3, 0.4) is 0 Å². The normalized spacial score (nSPS) is 26.8. The summed E-state index contributed by atoms with van der Waals surface area (Å²) < 4.78 is 81.7. The number of methoxy groups -OCH3 is 2. The summed E-state index contributed by atoms with van der Waals surface area (Å²) in [7, 11) is -0.688. The number of alkyl carbamates (subject to hydrolysis) is 1. The lowest BCUT2D eigenvalue weighted by atomic mass is 9.72. The Kier molecular flexibility index (Phi) is 11.5. The SMILES string of the molecule is COC(=O)N[C@H](C(=O)Nc1ccc(F)c(F)c1CC[C@H]1CN[C@@H]2CCCS(=O)(=O)N1C2)[C@@H](c1ccc(F)cc1)C1CCC(OC)CC1. The molecule has 1 unspecified atom stereocenters. The average molecular weight is 681 g/mol. The second-order valence-corrected chi connectivity index (χ2v) is 14.7. The molecule has 0 spiro atoms. The van der Waals surface area contributed by atoms with Crippen LogP contribution in [0.15, 0.2) is 36.4 Å². The summed E-state index contributed by atoms with van der Waals surface area (Å²) in [5.41, 5.74) is 0.520. The number of nitrogens with zero attached hydrogens (tertiary/aromatic N) is 1. The minimum Gasteiger partial charge on any atom is -0.453 e. The number of carbonyl (C=O) groups excluding carboxylic acids is 2. The van der Waals surface area contributed by atoms with Crippen LogP contribution in [0.2, 0.25) is 0 Å². The highest BCUT2D eigenvalue weighted by Gasteiger charge is 2.40. The number of halogens is 3. The zero-order chi connectivity index (χ0) is 33.7. The van der Waals surface area contributed by atoms with Crippen molar-refractivity contribution in [2.24, 2.45) is 5.92 Å². The van der Waals surface area contributed by atoms with Crippen molar-refractivity contribution in [2.75, 3.05) is 38.4 Å². The van der Waals surface area contributed by atoms with Crippen molar-refractivity contribution in [3.63, 3.8) is 0 Å². The van der Waals surface area contributed by atoms with E-state index >= 15 is 4.39 Å². The molecule has 3 N–H and O–H groups in total. The fourth-order valence-corrected chi connectivity index (χ4v) is 9.14. The lowest BCUT2D eigenvalue weighted by molar-refractivity contribution is -0.119. The van der Waals surface area contributed by atoms with Crippen molar-refractivity contribution in [1.82, 2.24) is 14.9 Å². The molecule has 2 aromatic rings. The van der Waals surface area contributed by atoms with Gasteiger partial charge >= 0.3 is 6.09 Å². The number of hydrogen-bond donors (Lipinski definition) is 3. The van der Waals surface area contributed by atoms with Crippen LogP contribution in [-0.2, 0) is 30.7 Å². The molecule has 10 nitrogen and oxygen atoms in total. The Morgan fingerprint density at radius 2 is 1.74 bits per heavy atom. The molecule has 1 saturated carbocycles. The number of nitrogens with one attached hydrogen (secondary N) is 3. The molecule has 5 atom stereocenters. The molecule has 0 radical (unpaired) electrons. The highest BCUT2D eigenvalue weighted by atomic mass is 32.2. The van der Waals surface area contributed by atoms with Gasteiger partial charge in [0.1, 0.15) is 11.9 Å². The number of amides is 2. The van der Waals surface area contributed by atoms with Crippen molar-refractivity contribution in [3.8, 4) is 0 Å². The maximum absolute atomic E-state index is 15.4. The molecule has 3 aliphatic rings. The van der Waals surface area contributed by atoms with Gasteiger partial charge in [0, 0.05) is 49.5 Å². The lowest BCUT2D eigenvalue weighted by Crippen LogP contribution is -2.57. The number of benzene rings is 2. The largest absolute Gasteiger partial charge is 0.453 e. The lowest BCUT2D eigenvalue weighted by Gasteiger charge is -2.38. The predicted octanol–water partition coefficient (Wildman–Crippen LogP) is 4.45. The van der Waals surface area contributed by atoms with Gasteiger partial charge in [-0.15, -0.1) is 0 Å². The average Bonchev–Trinajstić information content (AvgIpc) is 3.18. The Bertz CT molecular complexity index is 1520. The number of piperazine rings is 1. The molecule has 2 aromatic carbocycles. The Hall–Kier alpha value is -3.20.